The summed E-state index contributed by atoms with van der Waals surface area (Å²) in [5, 5.41) is 2.79. The molecular weight excluding hydrogens is 350 g/mol. The van der Waals surface area contributed by atoms with Crippen molar-refractivity contribution in [3.8, 4) is 0 Å². The fraction of sp³-hybridized carbons (Fsp3) is 0. The summed E-state index contributed by atoms with van der Waals surface area (Å²) in [6.07, 6.45) is 0. The maximum Gasteiger partial charge on any atom is 0.503 e. The molecule has 0 spiro atoms. The van der Waals surface area contributed by atoms with Crippen LogP contribution < -0.4 is 38.5 Å². The molecule has 0 saturated heterocycles. The van der Waals surface area contributed by atoms with E-state index in [1.54, 1.807) is 0 Å². The Kier molecular flexibility index (Phi) is 7.32. The van der Waals surface area contributed by atoms with Crippen molar-refractivity contribution in [2.75, 3.05) is 0 Å². The first-order valence-electron chi connectivity index (χ1n) is 4.80. The summed E-state index contributed by atoms with van der Waals surface area (Å²) >= 11 is -3.76. The molecule has 0 radical (unpaired) electrons. The molecule has 2 aromatic rings. The maximum atomic E-state index is 8.68. The fourth-order valence-electron chi connectivity index (χ4n) is 1.21. The Balaban J connectivity index is 0.000000317. The van der Waals surface area contributed by atoms with Gasteiger partial charge in [-0.15, -0.1) is 0 Å². The Morgan fingerprint density at radius 1 is 0.765 bits per heavy atom. The molecule has 17 heavy (non-hydrogen) atoms. The van der Waals surface area contributed by atoms with Crippen LogP contribution in [-0.2, 0) is 0 Å². The van der Waals surface area contributed by atoms with Gasteiger partial charge in [0.1, 0.15) is 0 Å². The molecule has 0 aromatic heterocycles. The molecule has 3 nitrogen and oxygen atoms in total. The van der Waals surface area contributed by atoms with Crippen molar-refractivity contribution in [3.63, 3.8) is 0 Å². The van der Waals surface area contributed by atoms with E-state index in [1.165, 1.54) is 10.6 Å². The molecule has 0 bridgehead atoms. The lowest BCUT2D eigenvalue weighted by Gasteiger charge is -2.00. The largest absolute Gasteiger partial charge is 0.503 e. The highest BCUT2D eigenvalue weighted by Gasteiger charge is 1.92. The van der Waals surface area contributed by atoms with Gasteiger partial charge >= 0.3 is 21.1 Å². The Bertz CT molecular complexity index is 368. The summed E-state index contributed by atoms with van der Waals surface area (Å²) in [5.41, 5.74) is 0. The van der Waals surface area contributed by atoms with Gasteiger partial charge in [0.25, 0.3) is 0 Å². The van der Waals surface area contributed by atoms with Crippen LogP contribution in [-0.4, -0.2) is 3.44 Å². The van der Waals surface area contributed by atoms with Crippen molar-refractivity contribution in [3.05, 3.63) is 60.7 Å². The number of benzene rings is 2. The predicted octanol–water partition coefficient (Wildman–Crippen LogP) is -3.62. The van der Waals surface area contributed by atoms with Gasteiger partial charge in [0.2, 0.25) is 0 Å². The van der Waals surface area contributed by atoms with Crippen molar-refractivity contribution in [2.24, 2.45) is 0 Å². The van der Waals surface area contributed by atoms with Crippen LogP contribution in [0.4, 0.5) is 0 Å². The Labute approximate surface area is 111 Å². The molecule has 0 unspecified atom stereocenters. The van der Waals surface area contributed by atoms with E-state index in [-0.39, 0.29) is 0 Å². The van der Waals surface area contributed by atoms with E-state index >= 15 is 0 Å². The second-order valence-corrected chi connectivity index (χ2v) is 5.61. The number of rotatable bonds is 2. The van der Waals surface area contributed by atoms with Crippen molar-refractivity contribution in [1.29, 1.82) is 0 Å². The van der Waals surface area contributed by atoms with E-state index in [1.807, 2.05) is 0 Å². The van der Waals surface area contributed by atoms with E-state index < -0.39 is 21.1 Å². The molecule has 0 atom stereocenters. The van der Waals surface area contributed by atoms with Gasteiger partial charge in [0, 0.05) is 0 Å². The first kappa shape index (κ1) is 14.5. The fourth-order valence-corrected chi connectivity index (χ4v) is 2.26. The van der Waals surface area contributed by atoms with Gasteiger partial charge in [-0.1, -0.05) is 69.2 Å². The van der Waals surface area contributed by atoms with Crippen LogP contribution in [0.15, 0.2) is 60.7 Å². The number of hydrogen-bond acceptors (Lipinski definition) is 3. The Hall–Kier alpha value is -0.520. The summed E-state index contributed by atoms with van der Waals surface area (Å²) in [4.78, 5) is 0. The lowest BCUT2D eigenvalue weighted by atomic mass is 10.4. The van der Waals surface area contributed by atoms with E-state index in [4.69, 9.17) is 10.3 Å². The van der Waals surface area contributed by atoms with Gasteiger partial charge in [-0.05, 0) is 14.0 Å². The Morgan fingerprint density at radius 3 is 1.35 bits per heavy atom. The molecular formula is C12H12IO3P. The van der Waals surface area contributed by atoms with E-state index in [9.17, 15) is 0 Å². The molecule has 0 amide bonds. The third-order valence-electron chi connectivity index (χ3n) is 1.84. The SMILES string of the molecule is [O-][I+2]([O-])O.c1ccc(Pc2ccccc2)cc1. The van der Waals surface area contributed by atoms with Crippen LogP contribution in [0.2, 0.25) is 0 Å². The zero-order valence-electron chi connectivity index (χ0n) is 8.92. The standard InChI is InChI=1S/C12H11P.HIO3/c1-3-7-11(8-4-1)13-12-9-5-2-6-10-12;2-1(3)4/h1-10,13H;2H. The maximum absolute atomic E-state index is 8.68. The molecule has 2 rings (SSSR count). The molecule has 90 valence electrons. The highest BCUT2D eigenvalue weighted by Crippen LogP contribution is 2.08. The monoisotopic (exact) mass is 362 g/mol. The molecule has 2 aromatic carbocycles. The average Bonchev–Trinajstić information content (AvgIpc) is 2.31. The summed E-state index contributed by atoms with van der Waals surface area (Å²) in [6.45, 7) is 0. The third kappa shape index (κ3) is 7.41. The minimum absolute atomic E-state index is 0.777. The normalized spacial score (nSPS) is 9.65. The summed E-state index contributed by atoms with van der Waals surface area (Å²) in [5.74, 6) is 0. The topological polar surface area (TPSA) is 66.3 Å². The summed E-state index contributed by atoms with van der Waals surface area (Å²) in [6, 6.07) is 21.2. The van der Waals surface area contributed by atoms with Gasteiger partial charge in [-0.25, -0.2) is 0 Å². The number of halogens is 1. The summed E-state index contributed by atoms with van der Waals surface area (Å²) in [7, 11) is 0.777. The molecule has 0 aliphatic rings. The minimum atomic E-state index is -3.76. The van der Waals surface area contributed by atoms with E-state index in [0.717, 1.165) is 8.58 Å². The molecule has 0 aliphatic carbocycles. The third-order valence-corrected chi connectivity index (χ3v) is 3.08. The van der Waals surface area contributed by atoms with E-state index in [0.29, 0.717) is 0 Å². The highest BCUT2D eigenvalue weighted by molar-refractivity contribution is 7.55. The van der Waals surface area contributed by atoms with Crippen LogP contribution in [0.5, 0.6) is 0 Å². The molecule has 0 aliphatic heterocycles. The highest BCUT2D eigenvalue weighted by atomic mass is 127. The van der Waals surface area contributed by atoms with Crippen LogP contribution in [0.25, 0.3) is 0 Å². The predicted molar refractivity (Wildman–Crippen MR) is 62.7 cm³/mol. The smallest absolute Gasteiger partial charge is 0.396 e. The zero-order chi connectivity index (χ0) is 12.5. The van der Waals surface area contributed by atoms with Gasteiger partial charge < -0.3 is 6.87 Å². The lowest BCUT2D eigenvalue weighted by Crippen LogP contribution is -3.98. The average molecular weight is 362 g/mol. The molecule has 1 N–H and O–H groups in total. The van der Waals surface area contributed by atoms with Gasteiger partial charge in [-0.2, -0.15) is 0 Å². The first-order chi connectivity index (χ1) is 8.18. The van der Waals surface area contributed by atoms with Crippen molar-refractivity contribution in [1.82, 2.24) is 0 Å². The number of hydrogen-bond donors (Lipinski definition) is 1. The van der Waals surface area contributed by atoms with Crippen LogP contribution in [0.3, 0.4) is 0 Å². The molecule has 5 heteroatoms. The van der Waals surface area contributed by atoms with Gasteiger partial charge in [0.05, 0.1) is 0 Å². The van der Waals surface area contributed by atoms with Crippen LogP contribution in [0, 0.1) is 0 Å². The molecule has 0 heterocycles. The summed E-state index contributed by atoms with van der Waals surface area (Å²) < 4.78 is 24.5. The van der Waals surface area contributed by atoms with Crippen molar-refractivity contribution >= 4 is 19.2 Å². The van der Waals surface area contributed by atoms with Crippen molar-refractivity contribution < 1.29 is 31.4 Å². The molecule has 0 fully saturated rings. The second kappa shape index (κ2) is 8.55. The van der Waals surface area contributed by atoms with Crippen molar-refractivity contribution in [2.45, 2.75) is 0 Å². The lowest BCUT2D eigenvalue weighted by molar-refractivity contribution is -1.63. The van der Waals surface area contributed by atoms with Gasteiger partial charge in [-0.3, -0.25) is 0 Å². The minimum Gasteiger partial charge on any atom is -0.396 e. The van der Waals surface area contributed by atoms with Gasteiger partial charge in [0.15, 0.2) is 0 Å². The van der Waals surface area contributed by atoms with Crippen LogP contribution >= 0.6 is 8.58 Å². The Morgan fingerprint density at radius 2 is 1.06 bits per heavy atom. The molecule has 0 saturated carbocycles. The zero-order valence-corrected chi connectivity index (χ0v) is 12.1. The van der Waals surface area contributed by atoms with Crippen LogP contribution in [0.1, 0.15) is 0 Å². The first-order valence-corrected chi connectivity index (χ1v) is 8.53. The van der Waals surface area contributed by atoms with E-state index in [2.05, 4.69) is 60.7 Å². The quantitative estimate of drug-likeness (QED) is 0.443. The second-order valence-electron chi connectivity index (χ2n) is 3.06.